The topological polar surface area (TPSA) is 106 Å². The van der Waals surface area contributed by atoms with Crippen LogP contribution in [-0.4, -0.2) is 50.6 Å². The molecule has 0 fully saturated rings. The van der Waals surface area contributed by atoms with Crippen molar-refractivity contribution in [3.05, 3.63) is 23.8 Å². The fraction of sp³-hybridized carbons (Fsp3) is 0.438. The number of ether oxygens (including phenoxy) is 2. The molecule has 0 heterocycles. The van der Waals surface area contributed by atoms with E-state index < -0.39 is 24.5 Å². The Hall–Kier alpha value is -2.91. The first kappa shape index (κ1) is 21.1. The third-order valence-corrected chi connectivity index (χ3v) is 3.17. The summed E-state index contributed by atoms with van der Waals surface area (Å²) in [6, 6.07) is 2.88. The molecule has 26 heavy (non-hydrogen) atoms. The van der Waals surface area contributed by atoms with Crippen molar-refractivity contribution in [3.8, 4) is 11.5 Å². The number of carbonyl (C=O) groups excluding carboxylic acids is 3. The Morgan fingerprint density at radius 2 is 1.85 bits per heavy atom. The van der Waals surface area contributed by atoms with E-state index in [9.17, 15) is 23.2 Å². The Bertz CT molecular complexity index is 655. The van der Waals surface area contributed by atoms with E-state index >= 15 is 0 Å². The summed E-state index contributed by atoms with van der Waals surface area (Å²) in [4.78, 5) is 35.3. The highest BCUT2D eigenvalue weighted by molar-refractivity contribution is 5.97. The van der Waals surface area contributed by atoms with E-state index in [2.05, 4.69) is 20.7 Å². The summed E-state index contributed by atoms with van der Waals surface area (Å²) < 4.78 is 33.7. The highest BCUT2D eigenvalue weighted by atomic mass is 19.3. The summed E-state index contributed by atoms with van der Waals surface area (Å²) in [6.45, 7) is 0.304. The van der Waals surface area contributed by atoms with Crippen molar-refractivity contribution in [3.63, 3.8) is 0 Å². The molecule has 0 unspecified atom stereocenters. The van der Waals surface area contributed by atoms with Crippen molar-refractivity contribution < 1.29 is 32.6 Å². The van der Waals surface area contributed by atoms with Crippen molar-refractivity contribution in [2.75, 3.05) is 20.2 Å². The third-order valence-electron chi connectivity index (χ3n) is 3.17. The van der Waals surface area contributed by atoms with Gasteiger partial charge >= 0.3 is 6.61 Å². The lowest BCUT2D eigenvalue weighted by atomic mass is 10.2. The number of amides is 3. The second kappa shape index (κ2) is 10.2. The second-order valence-electron chi connectivity index (χ2n) is 5.11. The van der Waals surface area contributed by atoms with Crippen LogP contribution in [0.1, 0.15) is 24.2 Å². The van der Waals surface area contributed by atoms with Gasteiger partial charge in [-0.25, -0.2) is 0 Å². The number of carbonyl (C=O) groups is 3. The van der Waals surface area contributed by atoms with Gasteiger partial charge in [0.05, 0.1) is 13.7 Å². The van der Waals surface area contributed by atoms with Crippen LogP contribution < -0.4 is 25.4 Å². The average molecular weight is 373 g/mol. The average Bonchev–Trinajstić information content (AvgIpc) is 2.59. The van der Waals surface area contributed by atoms with E-state index in [1.165, 1.54) is 26.2 Å². The van der Waals surface area contributed by atoms with E-state index in [4.69, 9.17) is 4.74 Å². The van der Waals surface area contributed by atoms with Crippen LogP contribution in [0.25, 0.3) is 0 Å². The number of halogens is 2. The van der Waals surface area contributed by atoms with Gasteiger partial charge in [0.1, 0.15) is 6.04 Å². The van der Waals surface area contributed by atoms with Gasteiger partial charge in [-0.1, -0.05) is 0 Å². The molecule has 8 nitrogen and oxygen atoms in total. The number of alkyl halides is 2. The first-order valence-corrected chi connectivity index (χ1v) is 7.76. The minimum absolute atomic E-state index is 0.0488. The summed E-state index contributed by atoms with van der Waals surface area (Å²) in [5, 5.41) is 7.34. The van der Waals surface area contributed by atoms with Crippen LogP contribution in [-0.2, 0) is 9.59 Å². The van der Waals surface area contributed by atoms with Crippen LogP contribution >= 0.6 is 0 Å². The molecule has 144 valence electrons. The zero-order valence-corrected chi connectivity index (χ0v) is 14.6. The molecule has 0 aliphatic heterocycles. The maximum Gasteiger partial charge on any atom is 0.387 e. The zero-order valence-electron chi connectivity index (χ0n) is 14.6. The molecule has 0 bridgehead atoms. The Kier molecular flexibility index (Phi) is 8.26. The quantitative estimate of drug-likeness (QED) is 0.590. The maximum absolute atomic E-state index is 12.3. The first-order valence-electron chi connectivity index (χ1n) is 7.76. The third kappa shape index (κ3) is 6.54. The number of rotatable bonds is 9. The molecule has 1 aromatic carbocycles. The van der Waals surface area contributed by atoms with Crippen molar-refractivity contribution in [1.29, 1.82) is 0 Å². The summed E-state index contributed by atoms with van der Waals surface area (Å²) in [7, 11) is 1.24. The summed E-state index contributed by atoms with van der Waals surface area (Å²) in [5.41, 5.74) is 0.0908. The van der Waals surface area contributed by atoms with Crippen LogP contribution in [0.5, 0.6) is 11.5 Å². The van der Waals surface area contributed by atoms with E-state index in [-0.39, 0.29) is 29.5 Å². The number of likely N-dealkylation sites (N-methyl/N-ethyl adjacent to an activating group) is 1. The van der Waals surface area contributed by atoms with Crippen LogP contribution in [0.15, 0.2) is 18.2 Å². The standard InChI is InChI=1S/C16H21F2N3O5/c1-4-19-14(23)9(2)21-13(22)8-20-15(24)10-5-6-11(26-16(17)18)12(7-10)25-3/h5-7,9,16H,4,8H2,1-3H3,(H,19,23)(H,20,24)(H,21,22)/t9-/m1/s1. The van der Waals surface area contributed by atoms with Gasteiger partial charge in [-0.05, 0) is 32.0 Å². The van der Waals surface area contributed by atoms with Gasteiger partial charge in [-0.3, -0.25) is 14.4 Å². The molecule has 0 radical (unpaired) electrons. The molecule has 0 spiro atoms. The first-order chi connectivity index (χ1) is 12.3. The minimum Gasteiger partial charge on any atom is -0.493 e. The Morgan fingerprint density at radius 1 is 1.15 bits per heavy atom. The van der Waals surface area contributed by atoms with Gasteiger partial charge in [0.15, 0.2) is 11.5 Å². The van der Waals surface area contributed by atoms with Gasteiger partial charge in [-0.2, -0.15) is 8.78 Å². The van der Waals surface area contributed by atoms with Gasteiger partial charge in [0.25, 0.3) is 5.91 Å². The lowest BCUT2D eigenvalue weighted by Crippen LogP contribution is -2.47. The molecule has 0 saturated heterocycles. The van der Waals surface area contributed by atoms with Gasteiger partial charge in [-0.15, -0.1) is 0 Å². The number of nitrogens with one attached hydrogen (secondary N) is 3. The highest BCUT2D eigenvalue weighted by Crippen LogP contribution is 2.29. The SMILES string of the molecule is CCNC(=O)[C@@H](C)NC(=O)CNC(=O)c1ccc(OC(F)F)c(OC)c1. The van der Waals surface area contributed by atoms with Crippen LogP contribution in [0.3, 0.4) is 0 Å². The molecule has 3 amide bonds. The number of hydrogen-bond acceptors (Lipinski definition) is 5. The molecule has 0 saturated carbocycles. The summed E-state index contributed by atoms with van der Waals surface area (Å²) in [6.07, 6.45) is 0. The van der Waals surface area contributed by atoms with Crippen molar-refractivity contribution in [1.82, 2.24) is 16.0 Å². The second-order valence-corrected chi connectivity index (χ2v) is 5.11. The number of benzene rings is 1. The van der Waals surface area contributed by atoms with Gasteiger partial charge in [0.2, 0.25) is 11.8 Å². The molecule has 0 aliphatic rings. The Labute approximate surface area is 149 Å². The number of methoxy groups -OCH3 is 1. The molecule has 1 atom stereocenters. The van der Waals surface area contributed by atoms with Crippen molar-refractivity contribution >= 4 is 17.7 Å². The van der Waals surface area contributed by atoms with E-state index in [0.29, 0.717) is 6.54 Å². The fourth-order valence-corrected chi connectivity index (χ4v) is 1.95. The van der Waals surface area contributed by atoms with Crippen LogP contribution in [0, 0.1) is 0 Å². The highest BCUT2D eigenvalue weighted by Gasteiger charge is 2.17. The molecule has 3 N–H and O–H groups in total. The fourth-order valence-electron chi connectivity index (χ4n) is 1.95. The minimum atomic E-state index is -3.03. The Morgan fingerprint density at radius 3 is 2.42 bits per heavy atom. The molecular weight excluding hydrogens is 352 g/mol. The van der Waals surface area contributed by atoms with E-state index in [1.807, 2.05) is 0 Å². The monoisotopic (exact) mass is 373 g/mol. The van der Waals surface area contributed by atoms with E-state index in [0.717, 1.165) is 6.07 Å². The zero-order chi connectivity index (χ0) is 19.7. The lowest BCUT2D eigenvalue weighted by Gasteiger charge is -2.14. The number of hydrogen-bond donors (Lipinski definition) is 3. The summed E-state index contributed by atoms with van der Waals surface area (Å²) in [5.74, 6) is -1.78. The largest absolute Gasteiger partial charge is 0.493 e. The van der Waals surface area contributed by atoms with E-state index in [1.54, 1.807) is 6.92 Å². The normalized spacial score (nSPS) is 11.5. The summed E-state index contributed by atoms with van der Waals surface area (Å²) >= 11 is 0. The van der Waals surface area contributed by atoms with Crippen molar-refractivity contribution in [2.24, 2.45) is 0 Å². The molecule has 10 heteroatoms. The predicted octanol–water partition coefficient (Wildman–Crippen LogP) is 0.667. The molecule has 0 aliphatic carbocycles. The Balaban J connectivity index is 2.62. The molecule has 1 rings (SSSR count). The molecular formula is C16H21F2N3O5. The molecule has 1 aromatic rings. The van der Waals surface area contributed by atoms with Crippen LogP contribution in [0.2, 0.25) is 0 Å². The van der Waals surface area contributed by atoms with Gasteiger partial charge < -0.3 is 25.4 Å². The smallest absolute Gasteiger partial charge is 0.387 e. The maximum atomic E-state index is 12.3. The lowest BCUT2D eigenvalue weighted by molar-refractivity contribution is -0.128. The van der Waals surface area contributed by atoms with Crippen LogP contribution in [0.4, 0.5) is 8.78 Å². The van der Waals surface area contributed by atoms with Crippen molar-refractivity contribution in [2.45, 2.75) is 26.5 Å². The van der Waals surface area contributed by atoms with Gasteiger partial charge in [0, 0.05) is 12.1 Å². The molecule has 0 aromatic heterocycles. The predicted molar refractivity (Wildman–Crippen MR) is 88.2 cm³/mol.